The van der Waals surface area contributed by atoms with Crippen LogP contribution in [0.3, 0.4) is 0 Å². The number of amides is 2. The molecule has 1 heterocycles. The zero-order valence-corrected chi connectivity index (χ0v) is 14.8. The van der Waals surface area contributed by atoms with E-state index >= 15 is 0 Å². The first-order chi connectivity index (χ1) is 12.6. The molecule has 0 spiro atoms. The minimum atomic E-state index is -0.0299. The molecule has 0 bridgehead atoms. The lowest BCUT2D eigenvalue weighted by atomic mass is 10.0. The Morgan fingerprint density at radius 2 is 2.00 bits per heavy atom. The molecule has 0 aromatic heterocycles. The number of nitrogens with one attached hydrogen (secondary N) is 1. The maximum absolute atomic E-state index is 12.6. The number of nitrogens with zero attached hydrogens (tertiary/aromatic N) is 1. The van der Waals surface area contributed by atoms with Crippen LogP contribution in [0.5, 0.6) is 5.75 Å². The van der Waals surface area contributed by atoms with E-state index < -0.39 is 0 Å². The smallest absolute Gasteiger partial charge is 0.260 e. The van der Waals surface area contributed by atoms with Gasteiger partial charge in [-0.3, -0.25) is 9.59 Å². The molecule has 2 aromatic carbocycles. The largest absolute Gasteiger partial charge is 0.484 e. The molecule has 134 valence electrons. The van der Waals surface area contributed by atoms with Gasteiger partial charge in [0.05, 0.1) is 6.04 Å². The number of fused-ring (bicyclic) bond motifs is 2. The molecule has 1 N–H and O–H groups in total. The molecule has 5 heteroatoms. The van der Waals surface area contributed by atoms with Gasteiger partial charge in [0.1, 0.15) is 5.75 Å². The first-order valence-electron chi connectivity index (χ1n) is 9.01. The maximum Gasteiger partial charge on any atom is 0.260 e. The van der Waals surface area contributed by atoms with Crippen molar-refractivity contribution in [2.45, 2.75) is 31.7 Å². The fraction of sp³-hybridized carbons (Fsp3) is 0.333. The Kier molecular flexibility index (Phi) is 4.37. The Balaban J connectivity index is 1.39. The second-order valence-corrected chi connectivity index (χ2v) is 6.91. The normalized spacial score (nSPS) is 17.9. The standard InChI is InChI=1S/C21H22N2O3/c1-23(19-10-6-14-4-2-3-5-17(14)19)21(25)13-26-16-8-9-18-15(12-16)7-11-20(24)22-18/h2-5,8-9,12,19H,6-7,10-11,13H2,1H3,(H,22,24). The van der Waals surface area contributed by atoms with Crippen molar-refractivity contribution in [3.05, 3.63) is 59.2 Å². The third kappa shape index (κ3) is 3.17. The number of rotatable bonds is 4. The molecule has 0 saturated heterocycles. The van der Waals surface area contributed by atoms with E-state index in [9.17, 15) is 9.59 Å². The summed E-state index contributed by atoms with van der Waals surface area (Å²) < 4.78 is 5.73. The van der Waals surface area contributed by atoms with Gasteiger partial charge >= 0.3 is 0 Å². The van der Waals surface area contributed by atoms with Gasteiger partial charge in [0, 0.05) is 19.2 Å². The second-order valence-electron chi connectivity index (χ2n) is 6.91. The highest BCUT2D eigenvalue weighted by Crippen LogP contribution is 2.35. The molecule has 0 saturated carbocycles. The van der Waals surface area contributed by atoms with E-state index in [2.05, 4.69) is 17.4 Å². The molecule has 1 unspecified atom stereocenters. The Labute approximate surface area is 153 Å². The topological polar surface area (TPSA) is 58.6 Å². The highest BCUT2D eigenvalue weighted by Gasteiger charge is 2.28. The number of carbonyl (C=O) groups is 2. The minimum absolute atomic E-state index is 0.0142. The van der Waals surface area contributed by atoms with E-state index in [1.54, 1.807) is 11.0 Å². The van der Waals surface area contributed by atoms with Crippen LogP contribution in [0.15, 0.2) is 42.5 Å². The Morgan fingerprint density at radius 1 is 1.15 bits per heavy atom. The maximum atomic E-state index is 12.6. The number of anilines is 1. The second kappa shape index (κ2) is 6.83. The van der Waals surface area contributed by atoms with Crippen molar-refractivity contribution in [2.24, 2.45) is 0 Å². The quantitative estimate of drug-likeness (QED) is 0.922. The number of hydrogen-bond acceptors (Lipinski definition) is 3. The van der Waals surface area contributed by atoms with Gasteiger partial charge in [-0.1, -0.05) is 24.3 Å². The van der Waals surface area contributed by atoms with Crippen LogP contribution in [-0.4, -0.2) is 30.4 Å². The third-order valence-electron chi connectivity index (χ3n) is 5.30. The van der Waals surface area contributed by atoms with Gasteiger partial charge in [-0.2, -0.15) is 0 Å². The number of carbonyl (C=O) groups excluding carboxylic acids is 2. The van der Waals surface area contributed by atoms with Crippen molar-refractivity contribution >= 4 is 17.5 Å². The SMILES string of the molecule is CN(C(=O)COc1ccc2c(c1)CCC(=O)N2)C1CCc2ccccc21. The highest BCUT2D eigenvalue weighted by molar-refractivity contribution is 5.94. The Morgan fingerprint density at radius 3 is 2.88 bits per heavy atom. The minimum Gasteiger partial charge on any atom is -0.484 e. The molecule has 0 radical (unpaired) electrons. The van der Waals surface area contributed by atoms with Crippen molar-refractivity contribution < 1.29 is 14.3 Å². The van der Waals surface area contributed by atoms with Crippen LogP contribution in [0.25, 0.3) is 0 Å². The molecule has 4 rings (SSSR count). The number of likely N-dealkylation sites (N-methyl/N-ethyl adjacent to an activating group) is 1. The summed E-state index contributed by atoms with van der Waals surface area (Å²) in [5, 5.41) is 2.85. The predicted octanol–water partition coefficient (Wildman–Crippen LogP) is 3.10. The predicted molar refractivity (Wildman–Crippen MR) is 99.2 cm³/mol. The van der Waals surface area contributed by atoms with Crippen LogP contribution in [0, 0.1) is 0 Å². The molecular weight excluding hydrogens is 328 g/mol. The van der Waals surface area contributed by atoms with Crippen LogP contribution in [0.2, 0.25) is 0 Å². The fourth-order valence-corrected chi connectivity index (χ4v) is 3.81. The zero-order chi connectivity index (χ0) is 18.1. The van der Waals surface area contributed by atoms with E-state index in [4.69, 9.17) is 4.74 Å². The van der Waals surface area contributed by atoms with E-state index in [-0.39, 0.29) is 24.5 Å². The van der Waals surface area contributed by atoms with Crippen LogP contribution < -0.4 is 10.1 Å². The van der Waals surface area contributed by atoms with Crippen LogP contribution in [-0.2, 0) is 22.4 Å². The molecule has 0 fully saturated rings. The van der Waals surface area contributed by atoms with Gasteiger partial charge in [0.25, 0.3) is 5.91 Å². The summed E-state index contributed by atoms with van der Waals surface area (Å²) in [6.45, 7) is 0.0142. The van der Waals surface area contributed by atoms with Crippen LogP contribution >= 0.6 is 0 Å². The average Bonchev–Trinajstić information content (AvgIpc) is 3.09. The lowest BCUT2D eigenvalue weighted by molar-refractivity contribution is -0.134. The molecule has 2 amide bonds. The van der Waals surface area contributed by atoms with E-state index in [0.29, 0.717) is 18.6 Å². The van der Waals surface area contributed by atoms with Crippen molar-refractivity contribution in [1.29, 1.82) is 0 Å². The van der Waals surface area contributed by atoms with Gasteiger partial charge in [0.15, 0.2) is 6.61 Å². The number of ether oxygens (including phenoxy) is 1. The number of hydrogen-bond donors (Lipinski definition) is 1. The monoisotopic (exact) mass is 350 g/mol. The van der Waals surface area contributed by atoms with E-state index in [1.807, 2.05) is 31.3 Å². The Bertz CT molecular complexity index is 862. The molecule has 26 heavy (non-hydrogen) atoms. The molecule has 1 atom stereocenters. The Hall–Kier alpha value is -2.82. The van der Waals surface area contributed by atoms with Crippen LogP contribution in [0.1, 0.15) is 35.6 Å². The van der Waals surface area contributed by atoms with Crippen LogP contribution in [0.4, 0.5) is 5.69 Å². The summed E-state index contributed by atoms with van der Waals surface area (Å²) in [5.74, 6) is 0.672. The first kappa shape index (κ1) is 16.6. The number of benzene rings is 2. The third-order valence-corrected chi connectivity index (χ3v) is 5.30. The zero-order valence-electron chi connectivity index (χ0n) is 14.8. The average molecular weight is 350 g/mol. The van der Waals surface area contributed by atoms with Gasteiger partial charge in [-0.05, 0) is 54.2 Å². The fourth-order valence-electron chi connectivity index (χ4n) is 3.81. The molecule has 2 aromatic rings. The summed E-state index contributed by atoms with van der Waals surface area (Å²) in [7, 11) is 1.85. The van der Waals surface area contributed by atoms with Gasteiger partial charge in [-0.15, -0.1) is 0 Å². The van der Waals surface area contributed by atoms with E-state index in [0.717, 1.165) is 24.1 Å². The van der Waals surface area contributed by atoms with Crippen molar-refractivity contribution in [1.82, 2.24) is 4.90 Å². The van der Waals surface area contributed by atoms with Gasteiger partial charge in [-0.25, -0.2) is 0 Å². The molecule has 1 aliphatic heterocycles. The summed E-state index contributed by atoms with van der Waals surface area (Å²) >= 11 is 0. The molecular formula is C21H22N2O3. The van der Waals surface area contributed by atoms with E-state index in [1.165, 1.54) is 11.1 Å². The summed E-state index contributed by atoms with van der Waals surface area (Å²) in [6.07, 6.45) is 3.15. The van der Waals surface area contributed by atoms with Gasteiger partial charge < -0.3 is 15.0 Å². The first-order valence-corrected chi connectivity index (χ1v) is 9.01. The van der Waals surface area contributed by atoms with Crippen molar-refractivity contribution in [3.63, 3.8) is 0 Å². The highest BCUT2D eigenvalue weighted by atomic mass is 16.5. The summed E-state index contributed by atoms with van der Waals surface area (Å²) in [5.41, 5.74) is 4.45. The molecule has 1 aliphatic carbocycles. The van der Waals surface area contributed by atoms with Crippen molar-refractivity contribution in [2.75, 3.05) is 19.0 Å². The summed E-state index contributed by atoms with van der Waals surface area (Å²) in [6, 6.07) is 14.0. The van der Waals surface area contributed by atoms with Gasteiger partial charge in [0.2, 0.25) is 5.91 Å². The summed E-state index contributed by atoms with van der Waals surface area (Å²) in [4.78, 5) is 25.8. The lowest BCUT2D eigenvalue weighted by Gasteiger charge is -2.25. The number of aryl methyl sites for hydroxylation is 2. The van der Waals surface area contributed by atoms with Crippen molar-refractivity contribution in [3.8, 4) is 5.75 Å². The molecule has 2 aliphatic rings. The lowest BCUT2D eigenvalue weighted by Crippen LogP contribution is -2.34. The molecule has 5 nitrogen and oxygen atoms in total.